The van der Waals surface area contributed by atoms with E-state index in [-0.39, 0.29) is 5.56 Å². The second kappa shape index (κ2) is 11.4. The van der Waals surface area contributed by atoms with Crippen LogP contribution < -0.4 is 20.8 Å². The number of rotatable bonds is 7. The zero-order chi connectivity index (χ0) is 26.8. The number of benzene rings is 3. The van der Waals surface area contributed by atoms with Crippen molar-refractivity contribution in [3.8, 4) is 34.0 Å². The van der Waals surface area contributed by atoms with Gasteiger partial charge in [0, 0.05) is 33.7 Å². The third-order valence-electron chi connectivity index (χ3n) is 7.54. The van der Waals surface area contributed by atoms with E-state index in [4.69, 9.17) is 44.4 Å². The van der Waals surface area contributed by atoms with Crippen LogP contribution in [0.5, 0.6) is 11.5 Å². The van der Waals surface area contributed by atoms with Crippen LogP contribution in [0, 0.1) is 11.8 Å². The average molecular weight is 550 g/mol. The van der Waals surface area contributed by atoms with Gasteiger partial charge in [-0.2, -0.15) is 0 Å². The van der Waals surface area contributed by atoms with Gasteiger partial charge >= 0.3 is 0 Å². The number of ether oxygens (including phenoxy) is 2. The standard InChI is InChI=1S/C30H32ClN3O3S/c1-36-22-8-10-23(27(15-22)37-2)20-6-11-28(38)25(13-20)29-33-26-14-21(31)7-9-24(26)30(35)34(29)17-19-5-3-4-18(12-19)16-32/h6-11,13-15,18-19,38H,3-5,12,16-17,32H2,1-2H3. The van der Waals surface area contributed by atoms with E-state index in [1.165, 1.54) is 0 Å². The molecular weight excluding hydrogens is 518 g/mol. The lowest BCUT2D eigenvalue weighted by Crippen LogP contribution is -2.30. The number of thiol groups is 1. The predicted molar refractivity (Wildman–Crippen MR) is 157 cm³/mol. The van der Waals surface area contributed by atoms with Crippen LogP contribution in [-0.4, -0.2) is 30.3 Å². The van der Waals surface area contributed by atoms with Gasteiger partial charge in [0.25, 0.3) is 5.56 Å². The molecule has 1 aromatic heterocycles. The maximum Gasteiger partial charge on any atom is 0.261 e. The minimum absolute atomic E-state index is 0.0725. The summed E-state index contributed by atoms with van der Waals surface area (Å²) in [4.78, 5) is 19.6. The molecule has 2 N–H and O–H groups in total. The Morgan fingerprint density at radius 1 is 1.03 bits per heavy atom. The van der Waals surface area contributed by atoms with E-state index in [0.717, 1.165) is 47.3 Å². The Labute approximate surface area is 233 Å². The number of hydrogen-bond acceptors (Lipinski definition) is 6. The van der Waals surface area contributed by atoms with Gasteiger partial charge in [0.1, 0.15) is 17.3 Å². The predicted octanol–water partition coefficient (Wildman–Crippen LogP) is 6.45. The molecule has 3 aromatic carbocycles. The Morgan fingerprint density at radius 2 is 1.84 bits per heavy atom. The van der Waals surface area contributed by atoms with E-state index in [2.05, 4.69) is 0 Å². The van der Waals surface area contributed by atoms with Gasteiger partial charge in [-0.1, -0.05) is 24.1 Å². The first kappa shape index (κ1) is 26.6. The van der Waals surface area contributed by atoms with Crippen LogP contribution >= 0.6 is 24.2 Å². The van der Waals surface area contributed by atoms with Crippen molar-refractivity contribution >= 4 is 35.1 Å². The van der Waals surface area contributed by atoms with Crippen molar-refractivity contribution < 1.29 is 9.47 Å². The van der Waals surface area contributed by atoms with Gasteiger partial charge in [0.15, 0.2) is 0 Å². The quantitative estimate of drug-likeness (QED) is 0.259. The average Bonchev–Trinajstić information content (AvgIpc) is 2.94. The highest BCUT2D eigenvalue weighted by Crippen LogP contribution is 2.38. The molecule has 8 heteroatoms. The number of hydrogen-bond donors (Lipinski definition) is 2. The molecular formula is C30H32ClN3O3S. The topological polar surface area (TPSA) is 79.4 Å². The number of aromatic nitrogens is 2. The highest BCUT2D eigenvalue weighted by atomic mass is 35.5. The number of nitrogens with zero attached hydrogens (tertiary/aromatic N) is 2. The highest BCUT2D eigenvalue weighted by Gasteiger charge is 2.24. The van der Waals surface area contributed by atoms with Crippen LogP contribution in [-0.2, 0) is 6.54 Å². The van der Waals surface area contributed by atoms with Gasteiger partial charge in [-0.3, -0.25) is 9.36 Å². The minimum Gasteiger partial charge on any atom is -0.497 e. The van der Waals surface area contributed by atoms with E-state index < -0.39 is 0 Å². The van der Waals surface area contributed by atoms with Crippen LogP contribution in [0.25, 0.3) is 33.4 Å². The molecule has 0 radical (unpaired) electrons. The SMILES string of the molecule is COc1ccc(-c2ccc(S)c(-c3nc4cc(Cl)ccc4c(=O)n3CC3CCCC(CN)C3)c2)c(OC)c1. The molecule has 0 bridgehead atoms. The molecule has 2 atom stereocenters. The van der Waals surface area contributed by atoms with Gasteiger partial charge in [-0.15, -0.1) is 12.6 Å². The maximum atomic E-state index is 13.9. The Hall–Kier alpha value is -3.00. The van der Waals surface area contributed by atoms with Crippen molar-refractivity contribution in [3.05, 3.63) is 70.0 Å². The number of fused-ring (bicyclic) bond motifs is 1. The molecule has 0 aliphatic heterocycles. The Balaban J connectivity index is 1.68. The summed E-state index contributed by atoms with van der Waals surface area (Å²) in [6, 6.07) is 16.9. The number of halogens is 1. The molecule has 5 rings (SSSR count). The summed E-state index contributed by atoms with van der Waals surface area (Å²) in [7, 11) is 3.26. The van der Waals surface area contributed by atoms with Crippen molar-refractivity contribution in [2.45, 2.75) is 37.1 Å². The van der Waals surface area contributed by atoms with E-state index in [1.807, 2.05) is 41.0 Å². The lowest BCUT2D eigenvalue weighted by atomic mass is 9.81. The fraction of sp³-hybridized carbons (Fsp3) is 0.333. The normalized spacial score (nSPS) is 17.5. The summed E-state index contributed by atoms with van der Waals surface area (Å²) in [5, 5.41) is 1.09. The van der Waals surface area contributed by atoms with Crippen LogP contribution in [0.4, 0.5) is 0 Å². The van der Waals surface area contributed by atoms with Crippen molar-refractivity contribution in [1.82, 2.24) is 9.55 Å². The highest BCUT2D eigenvalue weighted by molar-refractivity contribution is 7.80. The lowest BCUT2D eigenvalue weighted by Gasteiger charge is -2.29. The number of nitrogens with two attached hydrogens (primary N) is 1. The Bertz CT molecular complexity index is 1540. The number of methoxy groups -OCH3 is 2. The van der Waals surface area contributed by atoms with Gasteiger partial charge in [-0.05, 0) is 85.7 Å². The summed E-state index contributed by atoms with van der Waals surface area (Å²) in [5.74, 6) is 2.83. The molecule has 0 saturated heterocycles. The molecule has 4 aromatic rings. The first-order chi connectivity index (χ1) is 18.4. The van der Waals surface area contributed by atoms with Crippen molar-refractivity contribution in [2.24, 2.45) is 17.6 Å². The smallest absolute Gasteiger partial charge is 0.261 e. The van der Waals surface area contributed by atoms with Crippen LogP contribution in [0.2, 0.25) is 5.02 Å². The molecule has 1 saturated carbocycles. The fourth-order valence-electron chi connectivity index (χ4n) is 5.53. The second-order valence-electron chi connectivity index (χ2n) is 9.95. The molecule has 6 nitrogen and oxygen atoms in total. The van der Waals surface area contributed by atoms with Gasteiger partial charge in [0.2, 0.25) is 0 Å². The van der Waals surface area contributed by atoms with E-state index in [0.29, 0.717) is 58.2 Å². The van der Waals surface area contributed by atoms with E-state index in [9.17, 15) is 4.79 Å². The van der Waals surface area contributed by atoms with Gasteiger partial charge in [0.05, 0.1) is 25.1 Å². The second-order valence-corrected chi connectivity index (χ2v) is 10.9. The molecule has 2 unspecified atom stereocenters. The molecule has 0 spiro atoms. The first-order valence-electron chi connectivity index (χ1n) is 12.9. The molecule has 38 heavy (non-hydrogen) atoms. The largest absolute Gasteiger partial charge is 0.497 e. The molecule has 1 aliphatic rings. The zero-order valence-corrected chi connectivity index (χ0v) is 23.3. The molecule has 1 heterocycles. The first-order valence-corrected chi connectivity index (χ1v) is 13.7. The summed E-state index contributed by atoms with van der Waals surface area (Å²) < 4.78 is 12.8. The van der Waals surface area contributed by atoms with Gasteiger partial charge in [-0.25, -0.2) is 4.98 Å². The monoisotopic (exact) mass is 549 g/mol. The molecule has 1 aliphatic carbocycles. The summed E-state index contributed by atoms with van der Waals surface area (Å²) in [6.45, 7) is 1.26. The van der Waals surface area contributed by atoms with Crippen LogP contribution in [0.15, 0.2) is 64.3 Å². The van der Waals surface area contributed by atoms with Crippen LogP contribution in [0.1, 0.15) is 25.7 Å². The van der Waals surface area contributed by atoms with E-state index >= 15 is 0 Å². The summed E-state index contributed by atoms with van der Waals surface area (Å²) in [5.41, 5.74) is 9.10. The Morgan fingerprint density at radius 3 is 2.61 bits per heavy atom. The third kappa shape index (κ3) is 5.28. The third-order valence-corrected chi connectivity index (χ3v) is 8.17. The van der Waals surface area contributed by atoms with Crippen molar-refractivity contribution in [3.63, 3.8) is 0 Å². The molecule has 1 fully saturated rings. The summed E-state index contributed by atoms with van der Waals surface area (Å²) in [6.07, 6.45) is 4.35. The fourth-order valence-corrected chi connectivity index (χ4v) is 5.93. The zero-order valence-electron chi connectivity index (χ0n) is 21.6. The van der Waals surface area contributed by atoms with Gasteiger partial charge < -0.3 is 15.2 Å². The summed E-state index contributed by atoms with van der Waals surface area (Å²) >= 11 is 11.1. The van der Waals surface area contributed by atoms with Crippen LogP contribution in [0.3, 0.4) is 0 Å². The van der Waals surface area contributed by atoms with Crippen molar-refractivity contribution in [2.75, 3.05) is 20.8 Å². The minimum atomic E-state index is -0.0725. The molecule has 198 valence electrons. The lowest BCUT2D eigenvalue weighted by molar-refractivity contribution is 0.246. The Kier molecular flexibility index (Phi) is 7.98. The maximum absolute atomic E-state index is 13.9. The van der Waals surface area contributed by atoms with Crippen molar-refractivity contribution in [1.29, 1.82) is 0 Å². The van der Waals surface area contributed by atoms with E-state index in [1.54, 1.807) is 32.4 Å². The molecule has 0 amide bonds.